The van der Waals surface area contributed by atoms with Crippen LogP contribution in [0.3, 0.4) is 0 Å². The monoisotopic (exact) mass is 286 g/mol. The Kier molecular flexibility index (Phi) is 6.00. The van der Waals surface area contributed by atoms with E-state index >= 15 is 0 Å². The van der Waals surface area contributed by atoms with Gasteiger partial charge in [0.15, 0.2) is 0 Å². The third-order valence-electron chi connectivity index (χ3n) is 5.10. The molecule has 0 aromatic heterocycles. The maximum absolute atomic E-state index is 5.52. The Hall–Kier alpha value is 0.230. The number of rotatable bonds is 5. The molecule has 0 aliphatic carbocycles. The van der Waals surface area contributed by atoms with Gasteiger partial charge in [-0.05, 0) is 63.5 Å². The van der Waals surface area contributed by atoms with E-state index in [4.69, 9.17) is 4.74 Å². The number of hydrogen-bond acceptors (Lipinski definition) is 4. The fourth-order valence-corrected chi connectivity index (χ4v) is 3.92. The van der Waals surface area contributed by atoms with Crippen molar-refractivity contribution in [3.05, 3.63) is 0 Å². The third-order valence-corrected chi connectivity index (χ3v) is 5.77. The molecule has 0 amide bonds. The van der Waals surface area contributed by atoms with Gasteiger partial charge < -0.3 is 14.5 Å². The van der Waals surface area contributed by atoms with Crippen molar-refractivity contribution >= 4 is 12.6 Å². The van der Waals surface area contributed by atoms with Crippen molar-refractivity contribution in [1.29, 1.82) is 0 Å². The lowest BCUT2D eigenvalue weighted by Crippen LogP contribution is -2.48. The molecule has 2 rings (SSSR count). The van der Waals surface area contributed by atoms with Crippen molar-refractivity contribution in [2.75, 3.05) is 52.2 Å². The van der Waals surface area contributed by atoms with Gasteiger partial charge in [-0.1, -0.05) is 6.92 Å². The highest BCUT2D eigenvalue weighted by atomic mass is 32.1. The van der Waals surface area contributed by atoms with Crippen LogP contribution in [0.15, 0.2) is 0 Å². The molecule has 0 N–H and O–H groups in total. The molecular weight excluding hydrogens is 256 g/mol. The quantitative estimate of drug-likeness (QED) is 0.780. The molecule has 0 unspecified atom stereocenters. The Balaban J connectivity index is 1.84. The van der Waals surface area contributed by atoms with Gasteiger partial charge in [0.25, 0.3) is 0 Å². The molecule has 112 valence electrons. The molecule has 0 aromatic rings. The van der Waals surface area contributed by atoms with Gasteiger partial charge in [-0.15, -0.1) is 0 Å². The first-order valence-corrected chi connectivity index (χ1v) is 8.43. The van der Waals surface area contributed by atoms with E-state index in [9.17, 15) is 0 Å². The summed E-state index contributed by atoms with van der Waals surface area (Å²) in [6, 6.07) is 0.766. The van der Waals surface area contributed by atoms with E-state index < -0.39 is 0 Å². The fraction of sp³-hybridized carbons (Fsp3) is 1.00. The molecule has 0 aromatic carbocycles. The summed E-state index contributed by atoms with van der Waals surface area (Å²) >= 11 is 4.63. The van der Waals surface area contributed by atoms with Crippen molar-refractivity contribution in [2.24, 2.45) is 5.41 Å². The molecular formula is C15H30N2OS. The van der Waals surface area contributed by atoms with E-state index in [1.54, 1.807) is 0 Å². The van der Waals surface area contributed by atoms with Gasteiger partial charge in [-0.25, -0.2) is 0 Å². The Labute approximate surface area is 124 Å². The molecule has 0 spiro atoms. The minimum absolute atomic E-state index is 0.387. The lowest BCUT2D eigenvalue weighted by atomic mass is 9.81. The van der Waals surface area contributed by atoms with Crippen LogP contribution in [-0.2, 0) is 4.74 Å². The first kappa shape index (κ1) is 15.6. The highest BCUT2D eigenvalue weighted by Gasteiger charge is 2.34. The SMILES string of the molecule is CCN1CCC(N(C)CC2(CS)CCOCC2)CC1. The Morgan fingerprint density at radius 3 is 2.42 bits per heavy atom. The average Bonchev–Trinajstić information content (AvgIpc) is 2.48. The van der Waals surface area contributed by atoms with Crippen molar-refractivity contribution in [3.8, 4) is 0 Å². The maximum atomic E-state index is 5.52. The second kappa shape index (κ2) is 7.30. The standard InChI is InChI=1S/C15H30N2OS/c1-3-17-8-4-14(5-9-17)16(2)12-15(13-19)6-10-18-11-7-15/h14,19H,3-13H2,1-2H3. The Morgan fingerprint density at radius 1 is 1.26 bits per heavy atom. The van der Waals surface area contributed by atoms with Gasteiger partial charge in [0.1, 0.15) is 0 Å². The van der Waals surface area contributed by atoms with Crippen molar-refractivity contribution in [3.63, 3.8) is 0 Å². The lowest BCUT2D eigenvalue weighted by molar-refractivity contribution is -0.0000576. The van der Waals surface area contributed by atoms with Gasteiger partial charge in [-0.2, -0.15) is 12.6 Å². The van der Waals surface area contributed by atoms with Gasteiger partial charge in [0.2, 0.25) is 0 Å². The van der Waals surface area contributed by atoms with E-state index in [2.05, 4.69) is 36.4 Å². The topological polar surface area (TPSA) is 15.7 Å². The molecule has 2 fully saturated rings. The highest BCUT2D eigenvalue weighted by molar-refractivity contribution is 7.80. The van der Waals surface area contributed by atoms with E-state index in [1.807, 2.05) is 0 Å². The smallest absolute Gasteiger partial charge is 0.0472 e. The summed E-state index contributed by atoms with van der Waals surface area (Å²) in [5, 5.41) is 0. The lowest BCUT2D eigenvalue weighted by Gasteiger charge is -2.43. The van der Waals surface area contributed by atoms with Crippen LogP contribution in [0.25, 0.3) is 0 Å². The summed E-state index contributed by atoms with van der Waals surface area (Å²) in [7, 11) is 2.31. The minimum atomic E-state index is 0.387. The summed E-state index contributed by atoms with van der Waals surface area (Å²) in [6.45, 7) is 9.03. The van der Waals surface area contributed by atoms with Crippen LogP contribution in [0.5, 0.6) is 0 Å². The predicted molar refractivity (Wildman–Crippen MR) is 84.1 cm³/mol. The van der Waals surface area contributed by atoms with E-state index in [1.165, 1.54) is 51.9 Å². The summed E-state index contributed by atoms with van der Waals surface area (Å²) in [5.41, 5.74) is 0.387. The molecule has 3 nitrogen and oxygen atoms in total. The van der Waals surface area contributed by atoms with Crippen molar-refractivity contribution < 1.29 is 4.74 Å². The normalized spacial score (nSPS) is 25.9. The minimum Gasteiger partial charge on any atom is -0.381 e. The molecule has 2 heterocycles. The largest absolute Gasteiger partial charge is 0.381 e. The second-order valence-corrected chi connectivity index (χ2v) is 6.67. The summed E-state index contributed by atoms with van der Waals surface area (Å²) in [6.07, 6.45) is 5.00. The number of ether oxygens (including phenoxy) is 1. The molecule has 0 saturated carbocycles. The van der Waals surface area contributed by atoms with Crippen LogP contribution in [0.1, 0.15) is 32.6 Å². The zero-order valence-corrected chi connectivity index (χ0v) is 13.5. The van der Waals surface area contributed by atoms with Crippen LogP contribution in [0, 0.1) is 5.41 Å². The van der Waals surface area contributed by atoms with Crippen LogP contribution >= 0.6 is 12.6 Å². The van der Waals surface area contributed by atoms with E-state index in [-0.39, 0.29) is 0 Å². The Morgan fingerprint density at radius 2 is 1.89 bits per heavy atom. The fourth-order valence-electron chi connectivity index (χ4n) is 3.51. The number of hydrogen-bond donors (Lipinski definition) is 1. The number of thiol groups is 1. The predicted octanol–water partition coefficient (Wildman–Crippen LogP) is 2.13. The van der Waals surface area contributed by atoms with Crippen LogP contribution in [0.4, 0.5) is 0 Å². The summed E-state index contributed by atoms with van der Waals surface area (Å²) < 4.78 is 5.52. The number of piperidine rings is 1. The molecule has 4 heteroatoms. The highest BCUT2D eigenvalue weighted by Crippen LogP contribution is 2.33. The van der Waals surface area contributed by atoms with Crippen LogP contribution in [-0.4, -0.2) is 68.0 Å². The maximum Gasteiger partial charge on any atom is 0.0472 e. The number of nitrogens with zero attached hydrogens (tertiary/aromatic N) is 2. The molecule has 2 aliphatic heterocycles. The van der Waals surface area contributed by atoms with Gasteiger partial charge >= 0.3 is 0 Å². The summed E-state index contributed by atoms with van der Waals surface area (Å²) in [4.78, 5) is 5.17. The molecule has 0 bridgehead atoms. The molecule has 19 heavy (non-hydrogen) atoms. The summed E-state index contributed by atoms with van der Waals surface area (Å²) in [5.74, 6) is 0.995. The van der Waals surface area contributed by atoms with Crippen molar-refractivity contribution in [2.45, 2.75) is 38.6 Å². The molecule has 0 atom stereocenters. The van der Waals surface area contributed by atoms with Crippen molar-refractivity contribution in [1.82, 2.24) is 9.80 Å². The number of likely N-dealkylation sites (tertiary alicyclic amines) is 1. The Bertz CT molecular complexity index is 261. The second-order valence-electron chi connectivity index (χ2n) is 6.35. The zero-order valence-electron chi connectivity index (χ0n) is 12.6. The third kappa shape index (κ3) is 4.10. The van der Waals surface area contributed by atoms with Crippen LogP contribution in [0.2, 0.25) is 0 Å². The zero-order chi connectivity index (χ0) is 13.7. The molecule has 2 saturated heterocycles. The van der Waals surface area contributed by atoms with Gasteiger partial charge in [0.05, 0.1) is 0 Å². The molecule has 2 aliphatic rings. The first-order chi connectivity index (χ1) is 9.19. The van der Waals surface area contributed by atoms with E-state index in [0.717, 1.165) is 25.0 Å². The molecule has 0 radical (unpaired) electrons. The van der Waals surface area contributed by atoms with Gasteiger partial charge in [-0.3, -0.25) is 0 Å². The van der Waals surface area contributed by atoms with E-state index in [0.29, 0.717) is 5.41 Å². The average molecular weight is 286 g/mol. The van der Waals surface area contributed by atoms with Crippen LogP contribution < -0.4 is 0 Å². The first-order valence-electron chi connectivity index (χ1n) is 7.80. The van der Waals surface area contributed by atoms with Gasteiger partial charge in [0, 0.05) is 25.8 Å².